The first-order valence-electron chi connectivity index (χ1n) is 13.0. The number of hydrogen-bond acceptors (Lipinski definition) is 13. The predicted octanol–water partition coefficient (Wildman–Crippen LogP) is 10.6. The van der Waals surface area contributed by atoms with Crippen molar-refractivity contribution in [1.82, 2.24) is 0 Å². The molecule has 0 N–H and O–H groups in total. The largest absolute Gasteiger partial charge is 0.495 e. The van der Waals surface area contributed by atoms with E-state index in [0.29, 0.717) is 21.5 Å². The maximum atomic E-state index is 9.19. The average Bonchev–Trinajstić information content (AvgIpc) is 3.87. The zero-order valence-electron chi connectivity index (χ0n) is 23.8. The molecule has 14 heteroatoms. The third-order valence-electron chi connectivity index (χ3n) is 7.33. The number of hydrogen-bond donors (Lipinski definition) is 0. The number of amidine groups is 1. The van der Waals surface area contributed by atoms with Crippen molar-refractivity contribution >= 4 is 129 Å². The molecule has 1 aliphatic rings. The molecule has 7 rings (SSSR count). The first kappa shape index (κ1) is 29.3. The fraction of sp³-hybridized carbons (Fsp3) is 0.161. The van der Waals surface area contributed by atoms with E-state index in [9.17, 15) is 5.26 Å². The molecule has 0 aromatic carbocycles. The highest BCUT2D eigenvalue weighted by Gasteiger charge is 2.40. The van der Waals surface area contributed by atoms with Gasteiger partial charge in [-0.05, 0) is 23.3 Å². The van der Waals surface area contributed by atoms with E-state index in [1.54, 1.807) is 49.0 Å². The van der Waals surface area contributed by atoms with Gasteiger partial charge < -0.3 is 14.3 Å². The van der Waals surface area contributed by atoms with Gasteiger partial charge in [0.1, 0.15) is 34.7 Å². The van der Waals surface area contributed by atoms with Crippen LogP contribution in [0.25, 0.3) is 54.4 Å². The van der Waals surface area contributed by atoms with Crippen LogP contribution in [0.2, 0.25) is 0 Å². The molecular formula is C31H16N6O2S6. The van der Waals surface area contributed by atoms with Crippen LogP contribution < -0.4 is 9.47 Å². The highest BCUT2D eigenvalue weighted by atomic mass is 32.1. The first-order chi connectivity index (χ1) is 21.7. The monoisotopic (exact) mass is 696 g/mol. The Labute approximate surface area is 280 Å². The Kier molecular flexibility index (Phi) is 7.11. The lowest BCUT2D eigenvalue weighted by Gasteiger charge is -2.23. The quantitative estimate of drug-likeness (QED) is 0.0975. The van der Waals surface area contributed by atoms with Gasteiger partial charge in [0.2, 0.25) is 10.7 Å². The second-order valence-electron chi connectivity index (χ2n) is 10.2. The molecule has 0 spiro atoms. The Hall–Kier alpha value is -4.38. The third-order valence-corrected chi connectivity index (χ3v) is 14.9. The molecule has 0 amide bonds. The van der Waals surface area contributed by atoms with Crippen molar-refractivity contribution in [3.8, 4) is 39.5 Å². The second-order valence-corrected chi connectivity index (χ2v) is 16.4. The van der Waals surface area contributed by atoms with E-state index < -0.39 is 0 Å². The normalized spacial score (nSPS) is 13.7. The summed E-state index contributed by atoms with van der Waals surface area (Å²) in [5.41, 5.74) is 1.95. The molecule has 6 heterocycles. The molecule has 1 aliphatic carbocycles. The summed E-state index contributed by atoms with van der Waals surface area (Å²) in [6, 6.07) is 11.2. The molecule has 218 valence electrons. The van der Waals surface area contributed by atoms with Crippen molar-refractivity contribution in [3.63, 3.8) is 0 Å². The Morgan fingerprint density at radius 2 is 1.42 bits per heavy atom. The highest BCUT2D eigenvalue weighted by Crippen LogP contribution is 2.60. The van der Waals surface area contributed by atoms with Gasteiger partial charge in [0, 0.05) is 27.1 Å². The number of aliphatic imine (C=N–C) groups is 2. The summed E-state index contributed by atoms with van der Waals surface area (Å²) in [5.74, 6) is 1.15. The van der Waals surface area contributed by atoms with Crippen molar-refractivity contribution in [2.45, 2.75) is 19.3 Å². The van der Waals surface area contributed by atoms with Crippen LogP contribution in [0.3, 0.4) is 0 Å². The van der Waals surface area contributed by atoms with Crippen LogP contribution >= 0.6 is 68.0 Å². The Morgan fingerprint density at radius 3 is 2.09 bits per heavy atom. The van der Waals surface area contributed by atoms with Gasteiger partial charge in [-0.25, -0.2) is 10.3 Å². The smallest absolute Gasteiger partial charge is 0.350 e. The van der Waals surface area contributed by atoms with Crippen molar-refractivity contribution in [2.75, 3.05) is 14.2 Å². The molecule has 0 bridgehead atoms. The minimum Gasteiger partial charge on any atom is -0.495 e. The molecule has 0 aliphatic heterocycles. The van der Waals surface area contributed by atoms with Gasteiger partial charge in [0.25, 0.3) is 0 Å². The Morgan fingerprint density at radius 1 is 0.778 bits per heavy atom. The van der Waals surface area contributed by atoms with Crippen LogP contribution in [0.1, 0.15) is 29.2 Å². The number of thiophene rings is 6. The Balaban J connectivity index is 1.31. The third kappa shape index (κ3) is 4.50. The van der Waals surface area contributed by atoms with Crippen LogP contribution in [0.5, 0.6) is 11.5 Å². The number of nitrogens with zero attached hydrogens (tertiary/aromatic N) is 6. The van der Waals surface area contributed by atoms with Gasteiger partial charge in [0.05, 0.1) is 52.4 Å². The maximum Gasteiger partial charge on any atom is 0.350 e. The van der Waals surface area contributed by atoms with E-state index in [-0.39, 0.29) is 17.0 Å². The molecule has 0 radical (unpaired) electrons. The van der Waals surface area contributed by atoms with Crippen molar-refractivity contribution in [3.05, 3.63) is 44.9 Å². The molecular weight excluding hydrogens is 681 g/mol. The fourth-order valence-electron chi connectivity index (χ4n) is 5.35. The average molecular weight is 697 g/mol. The lowest BCUT2D eigenvalue weighted by molar-refractivity contribution is 0.415. The van der Waals surface area contributed by atoms with Crippen molar-refractivity contribution in [2.24, 2.45) is 9.98 Å². The van der Waals surface area contributed by atoms with Crippen LogP contribution in [0, 0.1) is 40.6 Å². The second kappa shape index (κ2) is 10.9. The summed E-state index contributed by atoms with van der Waals surface area (Å²) in [6.07, 6.45) is 2.25. The minimum atomic E-state index is -0.301. The summed E-state index contributed by atoms with van der Waals surface area (Å²) in [4.78, 5) is 15.8. The molecule has 0 atom stereocenters. The summed E-state index contributed by atoms with van der Waals surface area (Å²) in [5, 5.41) is 28.6. The predicted molar refractivity (Wildman–Crippen MR) is 190 cm³/mol. The molecule has 0 fully saturated rings. The van der Waals surface area contributed by atoms with E-state index >= 15 is 0 Å². The van der Waals surface area contributed by atoms with Gasteiger partial charge in [-0.2, -0.15) is 10.5 Å². The number of ether oxygens (including phenoxy) is 2. The van der Waals surface area contributed by atoms with Gasteiger partial charge in [-0.15, -0.1) is 56.7 Å². The molecule has 8 nitrogen and oxygen atoms in total. The fourth-order valence-corrected chi connectivity index (χ4v) is 13.8. The van der Waals surface area contributed by atoms with E-state index in [0.717, 1.165) is 20.2 Å². The molecule has 6 aromatic rings. The van der Waals surface area contributed by atoms with Crippen molar-refractivity contribution in [1.29, 1.82) is 15.8 Å². The maximum absolute atomic E-state index is 9.19. The summed E-state index contributed by atoms with van der Waals surface area (Å²) in [7, 11) is 3.23. The Bertz CT molecular complexity index is 2460. The standard InChI is InChI=1S/C31H16N6O2S6/c1-31(2)14(24-15(38-4)7-22(43-24)37-20(12-34)35-3)6-17-23(31)27-29(40-17)30-28(45-27)26-19(42-30)9-18(41-26)25-16(39-5)8-21(44-25)36-13(10-32)11-33/h6-9H,1-2,4-5H3. The van der Waals surface area contributed by atoms with Crippen molar-refractivity contribution < 1.29 is 9.47 Å². The lowest BCUT2D eigenvalue weighted by atomic mass is 9.81. The summed E-state index contributed by atoms with van der Waals surface area (Å²) in [6.45, 7) is 11.6. The molecule has 0 unspecified atom stereocenters. The highest BCUT2D eigenvalue weighted by molar-refractivity contribution is 7.45. The zero-order chi connectivity index (χ0) is 31.6. The van der Waals surface area contributed by atoms with Crippen LogP contribution in [0.4, 0.5) is 10.0 Å². The molecule has 0 saturated carbocycles. The van der Waals surface area contributed by atoms with E-state index in [2.05, 4.69) is 40.8 Å². The number of nitriles is 3. The van der Waals surface area contributed by atoms with Crippen LogP contribution in [0.15, 0.2) is 28.2 Å². The number of fused-ring (bicyclic) bond motifs is 7. The first-order valence-corrected chi connectivity index (χ1v) is 17.9. The summed E-state index contributed by atoms with van der Waals surface area (Å²) >= 11 is 10.0. The van der Waals surface area contributed by atoms with Gasteiger partial charge >= 0.3 is 5.84 Å². The number of methoxy groups -OCH3 is 2. The lowest BCUT2D eigenvalue weighted by Crippen LogP contribution is -2.15. The SMILES string of the molecule is [C-]#[N+]C(C#N)=Nc1cc(OC)c(C2=Cc3sc4c(sc5c6sc(-c7sc(N=C(C#N)C#N)cc7OC)cc6sc45)c3C2(C)C)s1. The zero-order valence-corrected chi connectivity index (χ0v) is 28.7. The van der Waals surface area contributed by atoms with Gasteiger partial charge in [-0.3, -0.25) is 0 Å². The molecule has 6 aromatic heterocycles. The van der Waals surface area contributed by atoms with E-state index in [1.165, 1.54) is 61.3 Å². The van der Waals surface area contributed by atoms with Gasteiger partial charge in [0.15, 0.2) is 0 Å². The minimum absolute atomic E-state index is 0.189. The van der Waals surface area contributed by atoms with E-state index in [4.69, 9.17) is 26.6 Å². The number of rotatable bonds is 6. The van der Waals surface area contributed by atoms with E-state index in [1.807, 2.05) is 40.9 Å². The van der Waals surface area contributed by atoms with Gasteiger partial charge in [-0.1, -0.05) is 36.7 Å². The molecule has 0 saturated heterocycles. The summed E-state index contributed by atoms with van der Waals surface area (Å²) < 4.78 is 19.0. The molecule has 45 heavy (non-hydrogen) atoms. The number of allylic oxidation sites excluding steroid dienone is 1. The topological polar surface area (TPSA) is 119 Å². The van der Waals surface area contributed by atoms with Crippen LogP contribution in [-0.2, 0) is 5.41 Å². The van der Waals surface area contributed by atoms with Crippen LogP contribution in [-0.4, -0.2) is 25.8 Å².